The largest absolute Gasteiger partial charge is 0.368 e. The second-order valence-electron chi connectivity index (χ2n) is 6.53. The van der Waals surface area contributed by atoms with Gasteiger partial charge in [0.25, 0.3) is 5.91 Å². The van der Waals surface area contributed by atoms with E-state index in [1.165, 1.54) is 11.8 Å². The number of primary amides is 1. The number of thioether (sulfide) groups is 1. The summed E-state index contributed by atoms with van der Waals surface area (Å²) in [6.45, 7) is 2.05. The Morgan fingerprint density at radius 2 is 1.50 bits per heavy atom. The molecule has 0 atom stereocenters. The lowest BCUT2D eigenvalue weighted by molar-refractivity contribution is -0.119. The molecule has 0 bridgehead atoms. The Hall–Kier alpha value is -3.33. The molecule has 2 aromatic carbocycles. The fourth-order valence-electron chi connectivity index (χ4n) is 2.37. The van der Waals surface area contributed by atoms with Gasteiger partial charge in [0.05, 0.1) is 18.1 Å². The van der Waals surface area contributed by atoms with Crippen LogP contribution in [0.4, 0.5) is 5.69 Å². The first-order valence-electron chi connectivity index (χ1n) is 9.20. The molecule has 0 aliphatic rings. The third-order valence-corrected chi connectivity index (χ3v) is 4.86. The summed E-state index contributed by atoms with van der Waals surface area (Å²) in [6, 6.07) is 14.1. The van der Waals surface area contributed by atoms with Crippen LogP contribution in [0.3, 0.4) is 0 Å². The molecule has 2 rings (SSSR count). The Labute approximate surface area is 179 Å². The number of carbonyl (C=O) groups excluding carboxylic acids is 4. The average Bonchev–Trinajstić information content (AvgIpc) is 2.72. The van der Waals surface area contributed by atoms with Crippen molar-refractivity contribution in [2.24, 2.45) is 5.73 Å². The van der Waals surface area contributed by atoms with E-state index in [1.54, 1.807) is 24.3 Å². The first-order chi connectivity index (χ1) is 14.3. The van der Waals surface area contributed by atoms with Gasteiger partial charge in [0.15, 0.2) is 0 Å². The summed E-state index contributed by atoms with van der Waals surface area (Å²) in [6.07, 6.45) is 0. The van der Waals surface area contributed by atoms with Crippen molar-refractivity contribution in [3.8, 4) is 0 Å². The standard InChI is InChI=1S/C21H24N4O4S/c1-14-2-8-17(9-3-14)25-20(28)13-30-12-19(27)23-10-15-4-6-16(7-5-15)21(29)24-11-18(22)26/h2-9H,10-13H2,1H3,(H2,22,26)(H,23,27)(H,24,29)(H,25,28). The van der Waals surface area contributed by atoms with Crippen molar-refractivity contribution in [1.29, 1.82) is 0 Å². The number of amides is 4. The van der Waals surface area contributed by atoms with Crippen molar-refractivity contribution in [2.75, 3.05) is 23.4 Å². The number of hydrogen-bond donors (Lipinski definition) is 4. The molecule has 0 heterocycles. The molecule has 4 amide bonds. The van der Waals surface area contributed by atoms with Gasteiger partial charge in [-0.3, -0.25) is 19.2 Å². The third kappa shape index (κ3) is 8.36. The lowest BCUT2D eigenvalue weighted by Crippen LogP contribution is -2.33. The van der Waals surface area contributed by atoms with Crippen molar-refractivity contribution >= 4 is 41.1 Å². The van der Waals surface area contributed by atoms with E-state index in [0.717, 1.165) is 16.8 Å². The molecule has 0 aliphatic heterocycles. The summed E-state index contributed by atoms with van der Waals surface area (Å²) in [5.74, 6) is -1.03. The molecule has 5 N–H and O–H groups in total. The van der Waals surface area contributed by atoms with Crippen molar-refractivity contribution in [3.63, 3.8) is 0 Å². The molecule has 30 heavy (non-hydrogen) atoms. The number of nitrogens with one attached hydrogen (secondary N) is 3. The summed E-state index contributed by atoms with van der Waals surface area (Å²) < 4.78 is 0. The van der Waals surface area contributed by atoms with Gasteiger partial charge >= 0.3 is 0 Å². The first kappa shape index (κ1) is 23.0. The maximum Gasteiger partial charge on any atom is 0.251 e. The molecule has 0 unspecified atom stereocenters. The topological polar surface area (TPSA) is 130 Å². The van der Waals surface area contributed by atoms with Gasteiger partial charge in [-0.15, -0.1) is 11.8 Å². The Kier molecular flexibility index (Phi) is 8.89. The second kappa shape index (κ2) is 11.6. The summed E-state index contributed by atoms with van der Waals surface area (Å²) in [7, 11) is 0. The number of rotatable bonds is 10. The highest BCUT2D eigenvalue weighted by atomic mass is 32.2. The molecule has 0 fully saturated rings. The van der Waals surface area contributed by atoms with Gasteiger partial charge in [0, 0.05) is 17.8 Å². The average molecular weight is 429 g/mol. The van der Waals surface area contributed by atoms with Gasteiger partial charge in [0.1, 0.15) is 0 Å². The van der Waals surface area contributed by atoms with Crippen molar-refractivity contribution < 1.29 is 19.2 Å². The molecule has 0 aromatic heterocycles. The van der Waals surface area contributed by atoms with E-state index in [9.17, 15) is 19.2 Å². The lowest BCUT2D eigenvalue weighted by atomic mass is 10.1. The van der Waals surface area contributed by atoms with Crippen LogP contribution in [0.1, 0.15) is 21.5 Å². The van der Waals surface area contributed by atoms with Crippen LogP contribution in [0.25, 0.3) is 0 Å². The maximum absolute atomic E-state index is 11.9. The molecule has 9 heteroatoms. The highest BCUT2D eigenvalue weighted by molar-refractivity contribution is 8.00. The van der Waals surface area contributed by atoms with E-state index < -0.39 is 11.8 Å². The zero-order valence-electron chi connectivity index (χ0n) is 16.6. The van der Waals surface area contributed by atoms with Gasteiger partial charge < -0.3 is 21.7 Å². The Bertz CT molecular complexity index is 898. The van der Waals surface area contributed by atoms with Crippen LogP contribution in [0, 0.1) is 6.92 Å². The molecule has 0 radical (unpaired) electrons. The SMILES string of the molecule is Cc1ccc(NC(=O)CSCC(=O)NCc2ccc(C(=O)NCC(N)=O)cc2)cc1. The first-order valence-corrected chi connectivity index (χ1v) is 10.4. The predicted molar refractivity (Wildman–Crippen MR) is 117 cm³/mol. The van der Waals surface area contributed by atoms with Crippen molar-refractivity contribution in [2.45, 2.75) is 13.5 Å². The summed E-state index contributed by atoms with van der Waals surface area (Å²) >= 11 is 1.23. The number of aryl methyl sites for hydroxylation is 1. The quantitative estimate of drug-likeness (QED) is 0.452. The Morgan fingerprint density at radius 3 is 2.13 bits per heavy atom. The van der Waals surface area contributed by atoms with Gasteiger partial charge in [-0.05, 0) is 36.8 Å². The van der Waals surface area contributed by atoms with E-state index in [-0.39, 0.29) is 29.9 Å². The molecular weight excluding hydrogens is 404 g/mol. The van der Waals surface area contributed by atoms with Crippen LogP contribution in [0.2, 0.25) is 0 Å². The monoisotopic (exact) mass is 428 g/mol. The third-order valence-electron chi connectivity index (χ3n) is 3.93. The van der Waals surface area contributed by atoms with Crippen LogP contribution in [0.15, 0.2) is 48.5 Å². The highest BCUT2D eigenvalue weighted by Gasteiger charge is 2.08. The molecule has 8 nitrogen and oxygen atoms in total. The zero-order valence-corrected chi connectivity index (χ0v) is 17.4. The maximum atomic E-state index is 11.9. The van der Waals surface area contributed by atoms with Crippen LogP contribution in [-0.2, 0) is 20.9 Å². The lowest BCUT2D eigenvalue weighted by Gasteiger charge is -2.08. The fourth-order valence-corrected chi connectivity index (χ4v) is 3.01. The van der Waals surface area contributed by atoms with Crippen molar-refractivity contribution in [3.05, 3.63) is 65.2 Å². The fraction of sp³-hybridized carbons (Fsp3) is 0.238. The minimum Gasteiger partial charge on any atom is -0.368 e. The van der Waals surface area contributed by atoms with Crippen molar-refractivity contribution in [1.82, 2.24) is 10.6 Å². The minimum absolute atomic E-state index is 0.162. The Balaban J connectivity index is 1.66. The second-order valence-corrected chi connectivity index (χ2v) is 7.52. The van der Waals surface area contributed by atoms with Crippen LogP contribution < -0.4 is 21.7 Å². The Morgan fingerprint density at radius 1 is 0.867 bits per heavy atom. The molecular formula is C21H24N4O4S. The molecule has 2 aromatic rings. The molecule has 0 saturated heterocycles. The smallest absolute Gasteiger partial charge is 0.251 e. The van der Waals surface area contributed by atoms with E-state index in [2.05, 4.69) is 16.0 Å². The number of anilines is 1. The normalized spacial score (nSPS) is 10.2. The molecule has 0 saturated carbocycles. The molecule has 0 spiro atoms. The van der Waals surface area contributed by atoms with Gasteiger partial charge in [-0.2, -0.15) is 0 Å². The molecule has 0 aliphatic carbocycles. The molecule has 158 valence electrons. The van der Waals surface area contributed by atoms with E-state index in [4.69, 9.17) is 5.73 Å². The highest BCUT2D eigenvalue weighted by Crippen LogP contribution is 2.10. The van der Waals surface area contributed by atoms with Crippen LogP contribution >= 0.6 is 11.8 Å². The van der Waals surface area contributed by atoms with E-state index >= 15 is 0 Å². The predicted octanol–water partition coefficient (Wildman–Crippen LogP) is 1.20. The van der Waals surface area contributed by atoms with E-state index in [0.29, 0.717) is 12.1 Å². The van der Waals surface area contributed by atoms with E-state index in [1.807, 2.05) is 31.2 Å². The summed E-state index contributed by atoms with van der Waals surface area (Å²) in [5.41, 5.74) is 8.03. The summed E-state index contributed by atoms with van der Waals surface area (Å²) in [4.78, 5) is 46.3. The number of nitrogens with two attached hydrogens (primary N) is 1. The van der Waals surface area contributed by atoms with Gasteiger partial charge in [-0.25, -0.2) is 0 Å². The summed E-state index contributed by atoms with van der Waals surface area (Å²) in [5, 5.41) is 7.94. The minimum atomic E-state index is -0.617. The van der Waals surface area contributed by atoms with Crippen LogP contribution in [-0.4, -0.2) is 41.7 Å². The number of carbonyl (C=O) groups is 4. The van der Waals surface area contributed by atoms with Gasteiger partial charge in [-0.1, -0.05) is 29.8 Å². The number of benzene rings is 2. The van der Waals surface area contributed by atoms with Crippen LogP contribution in [0.5, 0.6) is 0 Å². The van der Waals surface area contributed by atoms with Gasteiger partial charge in [0.2, 0.25) is 17.7 Å². The zero-order chi connectivity index (χ0) is 21.9. The number of hydrogen-bond acceptors (Lipinski definition) is 5.